The number of hydrogen-bond acceptors (Lipinski definition) is 1. The highest BCUT2D eigenvalue weighted by Crippen LogP contribution is 2.31. The Morgan fingerprint density at radius 2 is 1.93 bits per heavy atom. The van der Waals surface area contributed by atoms with E-state index in [1.54, 1.807) is 6.92 Å². The molecule has 0 aliphatic heterocycles. The minimum atomic E-state index is -4.65. The monoisotopic (exact) mass is 221 g/mol. The average Bonchev–Trinajstić information content (AvgIpc) is 2.05. The van der Waals surface area contributed by atoms with Crippen molar-refractivity contribution in [3.63, 3.8) is 0 Å². The van der Waals surface area contributed by atoms with Gasteiger partial charge in [0, 0.05) is 6.04 Å². The van der Waals surface area contributed by atoms with Crippen LogP contribution in [0.4, 0.5) is 17.6 Å². The molecule has 1 rings (SSSR count). The fourth-order valence-electron chi connectivity index (χ4n) is 1.29. The van der Waals surface area contributed by atoms with Crippen LogP contribution in [0.1, 0.15) is 18.1 Å². The molecule has 1 aromatic rings. The molecule has 84 valence electrons. The second-order valence-corrected chi connectivity index (χ2v) is 3.49. The van der Waals surface area contributed by atoms with Crippen molar-refractivity contribution in [2.45, 2.75) is 25.6 Å². The molecule has 0 aliphatic carbocycles. The molecule has 0 saturated carbocycles. The van der Waals surface area contributed by atoms with Gasteiger partial charge in [0.2, 0.25) is 0 Å². The first-order valence-corrected chi connectivity index (χ1v) is 4.42. The first-order valence-electron chi connectivity index (χ1n) is 4.42. The Bertz CT molecular complexity index is 344. The summed E-state index contributed by atoms with van der Waals surface area (Å²) in [4.78, 5) is 0. The summed E-state index contributed by atoms with van der Waals surface area (Å²) >= 11 is 0. The average molecular weight is 221 g/mol. The van der Waals surface area contributed by atoms with Gasteiger partial charge in [-0.3, -0.25) is 0 Å². The number of hydrogen-bond donors (Lipinski definition) is 1. The number of rotatable bonds is 2. The highest BCUT2D eigenvalue weighted by molar-refractivity contribution is 5.27. The molecule has 2 N–H and O–H groups in total. The lowest BCUT2D eigenvalue weighted by Gasteiger charge is -2.11. The van der Waals surface area contributed by atoms with E-state index in [4.69, 9.17) is 5.73 Å². The lowest BCUT2D eigenvalue weighted by atomic mass is 10.0. The van der Waals surface area contributed by atoms with Crippen molar-refractivity contribution in [1.29, 1.82) is 0 Å². The van der Waals surface area contributed by atoms with E-state index >= 15 is 0 Å². The molecule has 1 aromatic carbocycles. The van der Waals surface area contributed by atoms with Gasteiger partial charge < -0.3 is 5.73 Å². The number of nitrogens with two attached hydrogens (primary N) is 1. The molecule has 0 fully saturated rings. The largest absolute Gasteiger partial charge is 0.419 e. The van der Waals surface area contributed by atoms with Crippen LogP contribution in [0, 0.1) is 5.82 Å². The van der Waals surface area contributed by atoms with Crippen LogP contribution in [-0.4, -0.2) is 6.04 Å². The van der Waals surface area contributed by atoms with Crippen LogP contribution in [0.2, 0.25) is 0 Å². The van der Waals surface area contributed by atoms with E-state index in [1.165, 1.54) is 6.07 Å². The van der Waals surface area contributed by atoms with Crippen molar-refractivity contribution in [3.8, 4) is 0 Å². The Labute approximate surface area is 84.9 Å². The van der Waals surface area contributed by atoms with Crippen molar-refractivity contribution in [2.75, 3.05) is 0 Å². The summed E-state index contributed by atoms with van der Waals surface area (Å²) in [5.41, 5.74) is 4.60. The zero-order valence-electron chi connectivity index (χ0n) is 8.11. The van der Waals surface area contributed by atoms with Crippen molar-refractivity contribution < 1.29 is 17.6 Å². The van der Waals surface area contributed by atoms with E-state index < -0.39 is 17.6 Å². The standard InChI is InChI=1S/C10H11F4N/c1-6(15)4-7-2-3-9(11)8(5-7)10(12,13)14/h2-3,5-6H,4,15H2,1H3. The molecule has 1 atom stereocenters. The summed E-state index contributed by atoms with van der Waals surface area (Å²) in [5.74, 6) is -1.25. The molecular weight excluding hydrogens is 210 g/mol. The highest BCUT2D eigenvalue weighted by Gasteiger charge is 2.34. The van der Waals surface area contributed by atoms with Gasteiger partial charge in [0.05, 0.1) is 5.56 Å². The van der Waals surface area contributed by atoms with Gasteiger partial charge in [0.15, 0.2) is 0 Å². The Balaban J connectivity index is 3.06. The van der Waals surface area contributed by atoms with Gasteiger partial charge in [-0.15, -0.1) is 0 Å². The Morgan fingerprint density at radius 1 is 1.33 bits per heavy atom. The maximum atomic E-state index is 12.9. The fourth-order valence-corrected chi connectivity index (χ4v) is 1.29. The summed E-state index contributed by atoms with van der Waals surface area (Å²) in [6, 6.07) is 2.68. The molecule has 0 bridgehead atoms. The summed E-state index contributed by atoms with van der Waals surface area (Å²) in [5, 5.41) is 0. The minimum Gasteiger partial charge on any atom is -0.328 e. The summed E-state index contributed by atoms with van der Waals surface area (Å²) < 4.78 is 49.7. The maximum absolute atomic E-state index is 12.9. The molecule has 0 amide bonds. The van der Waals surface area contributed by atoms with Crippen LogP contribution in [0.25, 0.3) is 0 Å². The second-order valence-electron chi connectivity index (χ2n) is 3.49. The predicted octanol–water partition coefficient (Wildman–Crippen LogP) is 2.73. The molecule has 0 spiro atoms. The molecule has 0 aromatic heterocycles. The molecule has 0 heterocycles. The van der Waals surface area contributed by atoms with Crippen LogP contribution in [0.3, 0.4) is 0 Å². The predicted molar refractivity (Wildman–Crippen MR) is 48.8 cm³/mol. The maximum Gasteiger partial charge on any atom is 0.419 e. The second kappa shape index (κ2) is 4.18. The van der Waals surface area contributed by atoms with E-state index in [0.29, 0.717) is 12.0 Å². The zero-order chi connectivity index (χ0) is 11.6. The fraction of sp³-hybridized carbons (Fsp3) is 0.400. The third-order valence-electron chi connectivity index (χ3n) is 1.89. The van der Waals surface area contributed by atoms with E-state index in [-0.39, 0.29) is 6.04 Å². The molecule has 1 nitrogen and oxygen atoms in total. The van der Waals surface area contributed by atoms with Crippen LogP contribution in [0.5, 0.6) is 0 Å². The normalized spacial score (nSPS) is 14.0. The number of alkyl halides is 3. The quantitative estimate of drug-likeness (QED) is 0.763. The SMILES string of the molecule is CC(N)Cc1ccc(F)c(C(F)(F)F)c1. The Morgan fingerprint density at radius 3 is 2.40 bits per heavy atom. The summed E-state index contributed by atoms with van der Waals surface area (Å²) in [6.45, 7) is 1.68. The van der Waals surface area contributed by atoms with Gasteiger partial charge in [0.1, 0.15) is 5.82 Å². The Hall–Kier alpha value is -1.10. The summed E-state index contributed by atoms with van der Waals surface area (Å²) in [7, 11) is 0. The van der Waals surface area contributed by atoms with E-state index in [2.05, 4.69) is 0 Å². The van der Waals surface area contributed by atoms with Crippen LogP contribution >= 0.6 is 0 Å². The minimum absolute atomic E-state index is 0.253. The first kappa shape index (κ1) is 12.0. The third-order valence-corrected chi connectivity index (χ3v) is 1.89. The smallest absolute Gasteiger partial charge is 0.328 e. The van der Waals surface area contributed by atoms with Crippen LogP contribution in [0.15, 0.2) is 18.2 Å². The van der Waals surface area contributed by atoms with Crippen LogP contribution in [-0.2, 0) is 12.6 Å². The van der Waals surface area contributed by atoms with Crippen molar-refractivity contribution >= 4 is 0 Å². The molecule has 0 aliphatic rings. The molecule has 15 heavy (non-hydrogen) atoms. The van der Waals surface area contributed by atoms with Gasteiger partial charge in [-0.05, 0) is 31.0 Å². The number of halogens is 4. The van der Waals surface area contributed by atoms with Gasteiger partial charge >= 0.3 is 6.18 Å². The molecule has 5 heteroatoms. The van der Waals surface area contributed by atoms with E-state index in [0.717, 1.165) is 12.1 Å². The van der Waals surface area contributed by atoms with E-state index in [1.807, 2.05) is 0 Å². The molecule has 1 unspecified atom stereocenters. The topological polar surface area (TPSA) is 26.0 Å². The zero-order valence-corrected chi connectivity index (χ0v) is 8.11. The molecule has 0 radical (unpaired) electrons. The van der Waals surface area contributed by atoms with Crippen molar-refractivity contribution in [2.24, 2.45) is 5.73 Å². The van der Waals surface area contributed by atoms with Crippen LogP contribution < -0.4 is 5.73 Å². The van der Waals surface area contributed by atoms with Gasteiger partial charge in [-0.2, -0.15) is 13.2 Å². The summed E-state index contributed by atoms with van der Waals surface area (Å²) in [6.07, 6.45) is -4.36. The number of benzene rings is 1. The first-order chi connectivity index (χ1) is 6.80. The van der Waals surface area contributed by atoms with Gasteiger partial charge in [-0.25, -0.2) is 4.39 Å². The van der Waals surface area contributed by atoms with E-state index in [9.17, 15) is 17.6 Å². The molecular formula is C10H11F4N. The van der Waals surface area contributed by atoms with Gasteiger partial charge in [-0.1, -0.05) is 6.07 Å². The van der Waals surface area contributed by atoms with Gasteiger partial charge in [0.25, 0.3) is 0 Å². The van der Waals surface area contributed by atoms with Crippen molar-refractivity contribution in [1.82, 2.24) is 0 Å². The highest BCUT2D eigenvalue weighted by atomic mass is 19.4. The lowest BCUT2D eigenvalue weighted by Crippen LogP contribution is -2.18. The lowest BCUT2D eigenvalue weighted by molar-refractivity contribution is -0.140. The van der Waals surface area contributed by atoms with Crippen molar-refractivity contribution in [3.05, 3.63) is 35.1 Å². The Kier molecular flexibility index (Phi) is 3.34. The third kappa shape index (κ3) is 3.20. The molecule has 0 saturated heterocycles.